The molecule has 4 nitrogen and oxygen atoms in total. The predicted molar refractivity (Wildman–Crippen MR) is 98.7 cm³/mol. The number of ether oxygens (including phenoxy) is 1. The average Bonchev–Trinajstić information content (AvgIpc) is 2.52. The maximum atomic E-state index is 12.2. The maximum Gasteiger partial charge on any atom is 0.410 e. The van der Waals surface area contributed by atoms with E-state index >= 15 is 0 Å². The molecule has 1 aromatic carbocycles. The molecule has 5 heteroatoms. The standard InChI is InChI=1S/C19H29ClN2O2/c1-19(2,3)24-18(23)22-11-9-14(10-12-22)16(13-21-4)15-7-5-6-8-17(15)20/h5-8,14,16,21H,9-13H2,1-4H3. The number of nitrogens with one attached hydrogen (secondary N) is 1. The minimum Gasteiger partial charge on any atom is -0.444 e. The van der Waals surface area contributed by atoms with Crippen LogP contribution in [-0.4, -0.2) is 43.3 Å². The molecule has 1 aromatic rings. The molecule has 2 rings (SSSR count). The summed E-state index contributed by atoms with van der Waals surface area (Å²) in [6.07, 6.45) is 1.73. The van der Waals surface area contributed by atoms with E-state index in [4.69, 9.17) is 16.3 Å². The van der Waals surface area contributed by atoms with Crippen LogP contribution >= 0.6 is 11.6 Å². The first-order valence-corrected chi connectivity index (χ1v) is 9.06. The molecular formula is C19H29ClN2O2. The quantitative estimate of drug-likeness (QED) is 0.878. The maximum absolute atomic E-state index is 12.2. The first-order chi connectivity index (χ1) is 11.3. The van der Waals surface area contributed by atoms with Gasteiger partial charge in [0.2, 0.25) is 0 Å². The van der Waals surface area contributed by atoms with Crippen LogP contribution in [0.3, 0.4) is 0 Å². The highest BCUT2D eigenvalue weighted by molar-refractivity contribution is 6.31. The average molecular weight is 353 g/mol. The van der Waals surface area contributed by atoms with Crippen LogP contribution in [0.25, 0.3) is 0 Å². The zero-order valence-electron chi connectivity index (χ0n) is 15.1. The van der Waals surface area contributed by atoms with Crippen LogP contribution in [0.15, 0.2) is 24.3 Å². The van der Waals surface area contributed by atoms with Gasteiger partial charge in [-0.25, -0.2) is 4.79 Å². The second-order valence-electron chi connectivity index (χ2n) is 7.49. The van der Waals surface area contributed by atoms with Gasteiger partial charge in [-0.1, -0.05) is 29.8 Å². The van der Waals surface area contributed by atoms with Crippen molar-refractivity contribution in [2.75, 3.05) is 26.7 Å². The van der Waals surface area contributed by atoms with Gasteiger partial charge >= 0.3 is 6.09 Å². The Bertz CT molecular complexity index is 549. The molecule has 24 heavy (non-hydrogen) atoms. The molecule has 1 fully saturated rings. The molecule has 1 saturated heterocycles. The minimum absolute atomic E-state index is 0.205. The van der Waals surface area contributed by atoms with Crippen molar-refractivity contribution in [1.82, 2.24) is 10.2 Å². The monoisotopic (exact) mass is 352 g/mol. The van der Waals surface area contributed by atoms with E-state index in [1.807, 2.05) is 50.9 Å². The fraction of sp³-hybridized carbons (Fsp3) is 0.632. The highest BCUT2D eigenvalue weighted by atomic mass is 35.5. The molecule has 134 valence electrons. The van der Waals surface area contributed by atoms with E-state index in [2.05, 4.69) is 11.4 Å². The van der Waals surface area contributed by atoms with Crippen LogP contribution in [0.4, 0.5) is 4.79 Å². The van der Waals surface area contributed by atoms with Gasteiger partial charge in [-0.2, -0.15) is 0 Å². The third kappa shape index (κ3) is 5.12. The third-order valence-corrected chi connectivity index (χ3v) is 4.83. The lowest BCUT2D eigenvalue weighted by atomic mass is 9.80. The number of rotatable bonds is 4. The Labute approximate surface area is 150 Å². The third-order valence-electron chi connectivity index (χ3n) is 4.49. The van der Waals surface area contributed by atoms with Gasteiger partial charge in [0, 0.05) is 30.6 Å². The molecule has 1 heterocycles. The molecule has 0 bridgehead atoms. The Morgan fingerprint density at radius 2 is 1.96 bits per heavy atom. The predicted octanol–water partition coefficient (Wildman–Crippen LogP) is 4.29. The van der Waals surface area contributed by atoms with Gasteiger partial charge in [0.05, 0.1) is 0 Å². The van der Waals surface area contributed by atoms with E-state index in [-0.39, 0.29) is 6.09 Å². The molecule has 1 aliphatic rings. The number of carbonyl (C=O) groups excluding carboxylic acids is 1. The van der Waals surface area contributed by atoms with E-state index in [0.717, 1.165) is 37.5 Å². The number of likely N-dealkylation sites (N-methyl/N-ethyl adjacent to an activating group) is 1. The Kier molecular flexibility index (Phi) is 6.53. The second-order valence-corrected chi connectivity index (χ2v) is 7.90. The number of likely N-dealkylation sites (tertiary alicyclic amines) is 1. The molecule has 1 aliphatic heterocycles. The van der Waals surface area contributed by atoms with Gasteiger partial charge in [-0.05, 0) is 58.2 Å². The van der Waals surface area contributed by atoms with Crippen LogP contribution in [-0.2, 0) is 4.74 Å². The van der Waals surface area contributed by atoms with Gasteiger partial charge in [0.25, 0.3) is 0 Å². The van der Waals surface area contributed by atoms with Crippen LogP contribution in [0, 0.1) is 5.92 Å². The molecule has 0 spiro atoms. The topological polar surface area (TPSA) is 41.6 Å². The minimum atomic E-state index is -0.444. The summed E-state index contributed by atoms with van der Waals surface area (Å²) in [6, 6.07) is 8.08. The highest BCUT2D eigenvalue weighted by Gasteiger charge is 2.31. The van der Waals surface area contributed by atoms with Crippen molar-refractivity contribution in [1.29, 1.82) is 0 Å². The summed E-state index contributed by atoms with van der Waals surface area (Å²) in [5.74, 6) is 0.875. The molecule has 0 aliphatic carbocycles. The van der Waals surface area contributed by atoms with Crippen molar-refractivity contribution in [2.45, 2.75) is 45.1 Å². The molecule has 1 atom stereocenters. The zero-order valence-corrected chi connectivity index (χ0v) is 15.9. The summed E-state index contributed by atoms with van der Waals surface area (Å²) in [5.41, 5.74) is 0.754. The van der Waals surface area contributed by atoms with E-state index in [0.29, 0.717) is 11.8 Å². The fourth-order valence-electron chi connectivity index (χ4n) is 3.34. The summed E-state index contributed by atoms with van der Waals surface area (Å²) < 4.78 is 5.48. The largest absolute Gasteiger partial charge is 0.444 e. The highest BCUT2D eigenvalue weighted by Crippen LogP contribution is 2.36. The fourth-order valence-corrected chi connectivity index (χ4v) is 3.61. The van der Waals surface area contributed by atoms with E-state index in [1.165, 1.54) is 5.56 Å². The van der Waals surface area contributed by atoms with Crippen LogP contribution in [0.1, 0.15) is 45.1 Å². The normalized spacial score (nSPS) is 17.6. The smallest absolute Gasteiger partial charge is 0.410 e. The number of halogens is 1. The summed E-state index contributed by atoms with van der Waals surface area (Å²) in [6.45, 7) is 8.07. The number of amides is 1. The molecular weight excluding hydrogens is 324 g/mol. The summed E-state index contributed by atoms with van der Waals surface area (Å²) in [7, 11) is 1.97. The van der Waals surface area contributed by atoms with Crippen molar-refractivity contribution < 1.29 is 9.53 Å². The van der Waals surface area contributed by atoms with Crippen molar-refractivity contribution in [3.8, 4) is 0 Å². The van der Waals surface area contributed by atoms with Gasteiger partial charge in [0.15, 0.2) is 0 Å². The van der Waals surface area contributed by atoms with E-state index < -0.39 is 5.60 Å². The Hall–Kier alpha value is -1.26. The Morgan fingerprint density at radius 3 is 2.50 bits per heavy atom. The van der Waals surface area contributed by atoms with E-state index in [1.54, 1.807) is 0 Å². The second kappa shape index (κ2) is 8.21. The number of nitrogens with zero attached hydrogens (tertiary/aromatic N) is 1. The van der Waals surface area contributed by atoms with Crippen LogP contribution < -0.4 is 5.32 Å². The van der Waals surface area contributed by atoms with Crippen LogP contribution in [0.2, 0.25) is 5.02 Å². The molecule has 1 amide bonds. The molecule has 0 saturated carbocycles. The Balaban J connectivity index is 2.01. The molecule has 0 radical (unpaired) electrons. The molecule has 1 N–H and O–H groups in total. The van der Waals surface area contributed by atoms with E-state index in [9.17, 15) is 4.79 Å². The number of benzene rings is 1. The van der Waals surface area contributed by atoms with Crippen LogP contribution in [0.5, 0.6) is 0 Å². The van der Waals surface area contributed by atoms with Crippen molar-refractivity contribution in [3.63, 3.8) is 0 Å². The summed E-state index contributed by atoms with van der Waals surface area (Å²) >= 11 is 6.41. The van der Waals surface area contributed by atoms with Gasteiger partial charge in [0.1, 0.15) is 5.60 Å². The van der Waals surface area contributed by atoms with Crippen molar-refractivity contribution in [3.05, 3.63) is 34.9 Å². The Morgan fingerprint density at radius 1 is 1.33 bits per heavy atom. The lowest BCUT2D eigenvalue weighted by molar-refractivity contribution is 0.0174. The number of hydrogen-bond donors (Lipinski definition) is 1. The lowest BCUT2D eigenvalue weighted by Gasteiger charge is -2.37. The first kappa shape index (κ1) is 19.1. The number of piperidine rings is 1. The van der Waals surface area contributed by atoms with Crippen molar-refractivity contribution in [2.24, 2.45) is 5.92 Å². The first-order valence-electron chi connectivity index (χ1n) is 8.69. The summed E-state index contributed by atoms with van der Waals surface area (Å²) in [4.78, 5) is 14.0. The van der Waals surface area contributed by atoms with Crippen molar-refractivity contribution >= 4 is 17.7 Å². The SMILES string of the molecule is CNCC(c1ccccc1Cl)C1CCN(C(=O)OC(C)(C)C)CC1. The molecule has 0 aromatic heterocycles. The molecule has 1 unspecified atom stereocenters. The summed E-state index contributed by atoms with van der Waals surface area (Å²) in [5, 5.41) is 4.12. The number of hydrogen-bond acceptors (Lipinski definition) is 3. The van der Waals surface area contributed by atoms with Gasteiger partial charge in [-0.15, -0.1) is 0 Å². The van der Waals surface area contributed by atoms with Gasteiger partial charge in [-0.3, -0.25) is 0 Å². The number of carbonyl (C=O) groups is 1. The van der Waals surface area contributed by atoms with Gasteiger partial charge < -0.3 is 15.0 Å². The zero-order chi connectivity index (χ0) is 17.7. The lowest BCUT2D eigenvalue weighted by Crippen LogP contribution is -2.43.